The van der Waals surface area contributed by atoms with Crippen molar-refractivity contribution in [3.8, 4) is 5.75 Å². The highest BCUT2D eigenvalue weighted by Crippen LogP contribution is 2.48. The van der Waals surface area contributed by atoms with Crippen LogP contribution in [0.25, 0.3) is 0 Å². The van der Waals surface area contributed by atoms with Crippen molar-refractivity contribution in [3.05, 3.63) is 28.3 Å². The van der Waals surface area contributed by atoms with Gasteiger partial charge in [-0.15, -0.1) is 0 Å². The number of methoxy groups -OCH3 is 1. The van der Waals surface area contributed by atoms with Gasteiger partial charge in [-0.25, -0.2) is 0 Å². The first-order valence-corrected chi connectivity index (χ1v) is 6.32. The summed E-state index contributed by atoms with van der Waals surface area (Å²) >= 11 is 0. The average Bonchev–Trinajstić information content (AvgIpc) is 2.26. The van der Waals surface area contributed by atoms with Gasteiger partial charge in [0, 0.05) is 0 Å². The molecule has 1 N–H and O–H groups in total. The molecule has 0 spiro atoms. The van der Waals surface area contributed by atoms with E-state index in [1.165, 1.54) is 0 Å². The monoisotopic (exact) mass is 248 g/mol. The van der Waals surface area contributed by atoms with E-state index < -0.39 is 11.4 Å². The van der Waals surface area contributed by atoms with Gasteiger partial charge in [0.05, 0.1) is 12.5 Å². The Morgan fingerprint density at radius 3 is 2.28 bits per heavy atom. The molecular weight excluding hydrogens is 228 g/mol. The van der Waals surface area contributed by atoms with Crippen LogP contribution in [0.3, 0.4) is 0 Å². The minimum atomic E-state index is -0.690. The lowest BCUT2D eigenvalue weighted by Crippen LogP contribution is -2.43. The molecule has 1 aromatic carbocycles. The molecule has 1 aliphatic carbocycles. The predicted molar refractivity (Wildman–Crippen MR) is 70.4 cm³/mol. The maximum atomic E-state index is 11.6. The van der Waals surface area contributed by atoms with Crippen molar-refractivity contribution < 1.29 is 14.6 Å². The number of hydrogen-bond donors (Lipinski definition) is 1. The van der Waals surface area contributed by atoms with E-state index in [-0.39, 0.29) is 0 Å². The van der Waals surface area contributed by atoms with Gasteiger partial charge in [0.1, 0.15) is 5.75 Å². The Kier molecular flexibility index (Phi) is 3.09. The smallest absolute Gasteiger partial charge is 0.314 e. The maximum absolute atomic E-state index is 11.6. The van der Waals surface area contributed by atoms with Crippen molar-refractivity contribution in [1.29, 1.82) is 0 Å². The van der Waals surface area contributed by atoms with Crippen LogP contribution in [0, 0.1) is 20.8 Å². The largest absolute Gasteiger partial charge is 0.496 e. The van der Waals surface area contributed by atoms with Gasteiger partial charge in [-0.1, -0.05) is 6.42 Å². The second-order valence-corrected chi connectivity index (χ2v) is 5.26. The normalized spacial score (nSPS) is 17.1. The molecule has 0 aromatic heterocycles. The number of carbonyl (C=O) groups is 1. The Morgan fingerprint density at radius 2 is 1.89 bits per heavy atom. The van der Waals surface area contributed by atoms with Crippen molar-refractivity contribution >= 4 is 5.97 Å². The molecule has 0 bridgehead atoms. The van der Waals surface area contributed by atoms with E-state index in [0.29, 0.717) is 0 Å². The average molecular weight is 248 g/mol. The van der Waals surface area contributed by atoms with Crippen LogP contribution in [0.4, 0.5) is 0 Å². The highest BCUT2D eigenvalue weighted by atomic mass is 16.5. The summed E-state index contributed by atoms with van der Waals surface area (Å²) in [5.74, 6) is 0.151. The van der Waals surface area contributed by atoms with Crippen LogP contribution in [-0.2, 0) is 10.2 Å². The fourth-order valence-electron chi connectivity index (χ4n) is 3.09. The van der Waals surface area contributed by atoms with Gasteiger partial charge in [-0.2, -0.15) is 0 Å². The summed E-state index contributed by atoms with van der Waals surface area (Å²) in [7, 11) is 1.65. The molecule has 1 aromatic rings. The van der Waals surface area contributed by atoms with Gasteiger partial charge in [0.25, 0.3) is 0 Å². The SMILES string of the molecule is COc1cc(C)c(C2(C(=O)O)CCC2)c(C)c1C. The van der Waals surface area contributed by atoms with Crippen molar-refractivity contribution in [2.24, 2.45) is 0 Å². The van der Waals surface area contributed by atoms with Gasteiger partial charge >= 0.3 is 5.97 Å². The zero-order chi connectivity index (χ0) is 13.5. The Hall–Kier alpha value is -1.51. The van der Waals surface area contributed by atoms with Crippen molar-refractivity contribution in [2.45, 2.75) is 45.4 Å². The molecule has 3 heteroatoms. The summed E-state index contributed by atoms with van der Waals surface area (Å²) in [5.41, 5.74) is 3.47. The lowest BCUT2D eigenvalue weighted by atomic mass is 9.62. The number of aryl methyl sites for hydroxylation is 1. The van der Waals surface area contributed by atoms with Crippen LogP contribution in [0.15, 0.2) is 6.07 Å². The standard InChI is InChI=1S/C15H20O3/c1-9-8-12(18-4)10(2)11(3)13(9)15(14(16)17)6-5-7-15/h8H,5-7H2,1-4H3,(H,16,17). The summed E-state index contributed by atoms with van der Waals surface area (Å²) in [6, 6.07) is 1.96. The maximum Gasteiger partial charge on any atom is 0.314 e. The first-order chi connectivity index (χ1) is 8.44. The third kappa shape index (κ3) is 1.61. The number of carboxylic acids is 1. The molecule has 0 atom stereocenters. The number of carboxylic acid groups (broad SMARTS) is 1. The van der Waals surface area contributed by atoms with Crippen LogP contribution in [0.5, 0.6) is 5.75 Å². The molecule has 0 saturated heterocycles. The second-order valence-electron chi connectivity index (χ2n) is 5.26. The van der Waals surface area contributed by atoms with E-state index >= 15 is 0 Å². The van der Waals surface area contributed by atoms with Gasteiger partial charge in [0.15, 0.2) is 0 Å². The molecule has 0 amide bonds. The molecule has 0 aliphatic heterocycles. The molecular formula is C15H20O3. The van der Waals surface area contributed by atoms with Crippen molar-refractivity contribution in [3.63, 3.8) is 0 Å². The minimum Gasteiger partial charge on any atom is -0.496 e. The van der Waals surface area contributed by atoms with Gasteiger partial charge < -0.3 is 9.84 Å². The lowest BCUT2D eigenvalue weighted by Gasteiger charge is -2.40. The molecule has 1 saturated carbocycles. The molecule has 1 aliphatic rings. The van der Waals surface area contributed by atoms with Crippen LogP contribution in [0.1, 0.15) is 41.5 Å². The van der Waals surface area contributed by atoms with E-state index in [9.17, 15) is 9.90 Å². The summed E-state index contributed by atoms with van der Waals surface area (Å²) < 4.78 is 5.34. The molecule has 3 nitrogen and oxygen atoms in total. The predicted octanol–water partition coefficient (Wildman–Crippen LogP) is 3.13. The quantitative estimate of drug-likeness (QED) is 0.894. The number of ether oxygens (including phenoxy) is 1. The van der Waals surface area contributed by atoms with E-state index in [1.54, 1.807) is 7.11 Å². The molecule has 1 fully saturated rings. The van der Waals surface area contributed by atoms with E-state index in [4.69, 9.17) is 4.74 Å². The first kappa shape index (κ1) is 12.9. The Labute approximate surface area is 108 Å². The summed E-state index contributed by atoms with van der Waals surface area (Å²) in [5, 5.41) is 9.57. The Morgan fingerprint density at radius 1 is 1.28 bits per heavy atom. The Balaban J connectivity index is 2.65. The molecule has 98 valence electrons. The minimum absolute atomic E-state index is 0.662. The van der Waals surface area contributed by atoms with Gasteiger partial charge in [0.2, 0.25) is 0 Å². The fraction of sp³-hybridized carbons (Fsp3) is 0.533. The van der Waals surface area contributed by atoms with Crippen LogP contribution in [0.2, 0.25) is 0 Å². The number of benzene rings is 1. The third-order valence-corrected chi connectivity index (χ3v) is 4.36. The topological polar surface area (TPSA) is 46.5 Å². The zero-order valence-corrected chi connectivity index (χ0v) is 11.5. The Bertz CT molecular complexity index is 499. The van der Waals surface area contributed by atoms with Crippen molar-refractivity contribution in [2.75, 3.05) is 7.11 Å². The molecule has 2 rings (SSSR count). The summed E-state index contributed by atoms with van der Waals surface area (Å²) in [6.07, 6.45) is 2.49. The molecule has 0 unspecified atom stereocenters. The fourth-order valence-corrected chi connectivity index (χ4v) is 3.09. The molecule has 18 heavy (non-hydrogen) atoms. The van der Waals surface area contributed by atoms with E-state index in [1.807, 2.05) is 26.8 Å². The highest BCUT2D eigenvalue weighted by Gasteiger charge is 2.47. The van der Waals surface area contributed by atoms with Gasteiger partial charge in [-0.05, 0) is 61.9 Å². The molecule has 0 heterocycles. The number of hydrogen-bond acceptors (Lipinski definition) is 2. The first-order valence-electron chi connectivity index (χ1n) is 6.32. The number of aliphatic carboxylic acids is 1. The highest BCUT2D eigenvalue weighted by molar-refractivity contribution is 5.84. The summed E-state index contributed by atoms with van der Waals surface area (Å²) in [6.45, 7) is 5.97. The van der Waals surface area contributed by atoms with E-state index in [0.717, 1.165) is 47.3 Å². The van der Waals surface area contributed by atoms with Crippen LogP contribution in [-0.4, -0.2) is 18.2 Å². The molecule has 0 radical (unpaired) electrons. The third-order valence-electron chi connectivity index (χ3n) is 4.36. The van der Waals surface area contributed by atoms with E-state index in [2.05, 4.69) is 0 Å². The second kappa shape index (κ2) is 4.30. The number of rotatable bonds is 3. The lowest BCUT2D eigenvalue weighted by molar-refractivity contribution is -0.147. The van der Waals surface area contributed by atoms with Crippen LogP contribution >= 0.6 is 0 Å². The summed E-state index contributed by atoms with van der Waals surface area (Å²) in [4.78, 5) is 11.6. The van der Waals surface area contributed by atoms with Gasteiger partial charge in [-0.3, -0.25) is 4.79 Å². The van der Waals surface area contributed by atoms with Crippen molar-refractivity contribution in [1.82, 2.24) is 0 Å². The van der Waals surface area contributed by atoms with Crippen LogP contribution < -0.4 is 4.74 Å². The zero-order valence-electron chi connectivity index (χ0n) is 11.5.